The molecule has 0 spiro atoms. The maximum atomic E-state index is 12.0. The molecule has 3 heteroatoms. The molecule has 104 valence electrons. The lowest BCUT2D eigenvalue weighted by molar-refractivity contribution is 0.0976. The van der Waals surface area contributed by atoms with Crippen molar-refractivity contribution in [1.82, 2.24) is 0 Å². The largest absolute Gasteiger partial charge is 0.293 e. The highest BCUT2D eigenvalue weighted by molar-refractivity contribution is 7.16. The first kappa shape index (κ1) is 14.4. The maximum absolute atomic E-state index is 12.0. The van der Waals surface area contributed by atoms with Crippen LogP contribution in [0.15, 0.2) is 12.1 Å². The Morgan fingerprint density at radius 1 is 0.632 bits per heavy atom. The predicted molar refractivity (Wildman–Crippen MR) is 79.2 cm³/mol. The van der Waals surface area contributed by atoms with Crippen molar-refractivity contribution in [3.05, 3.63) is 21.9 Å². The molecule has 2 rings (SSSR count). The normalized spacial score (nSPS) is 19.8. The Labute approximate surface area is 119 Å². The van der Waals surface area contributed by atoms with Crippen LogP contribution in [-0.4, -0.2) is 11.6 Å². The highest BCUT2D eigenvalue weighted by Gasteiger charge is 2.13. The van der Waals surface area contributed by atoms with E-state index in [1.54, 1.807) is 0 Å². The highest BCUT2D eigenvalue weighted by atomic mass is 32.1. The van der Waals surface area contributed by atoms with E-state index in [0.29, 0.717) is 12.8 Å². The number of thiophene rings is 1. The summed E-state index contributed by atoms with van der Waals surface area (Å²) in [4.78, 5) is 25.5. The number of fused-ring (bicyclic) bond motifs is 2. The van der Waals surface area contributed by atoms with Gasteiger partial charge in [-0.25, -0.2) is 0 Å². The van der Waals surface area contributed by atoms with Crippen LogP contribution in [0.1, 0.15) is 83.6 Å². The van der Waals surface area contributed by atoms with Gasteiger partial charge in [0.1, 0.15) is 0 Å². The average molecular weight is 278 g/mol. The molecule has 1 aromatic rings. The van der Waals surface area contributed by atoms with Gasteiger partial charge in [-0.3, -0.25) is 9.59 Å². The first-order valence-corrected chi connectivity index (χ1v) is 8.25. The Hall–Kier alpha value is -0.960. The first-order valence-electron chi connectivity index (χ1n) is 7.43. The molecule has 0 atom stereocenters. The number of hydrogen-bond acceptors (Lipinski definition) is 3. The van der Waals surface area contributed by atoms with Crippen LogP contribution in [0.5, 0.6) is 0 Å². The topological polar surface area (TPSA) is 34.1 Å². The molecule has 1 aliphatic heterocycles. The van der Waals surface area contributed by atoms with E-state index in [0.717, 1.165) is 35.4 Å². The number of ketones is 2. The van der Waals surface area contributed by atoms with E-state index in [1.807, 2.05) is 12.1 Å². The van der Waals surface area contributed by atoms with Crippen molar-refractivity contribution >= 4 is 22.9 Å². The molecule has 0 aromatic carbocycles. The molecule has 19 heavy (non-hydrogen) atoms. The molecule has 2 nitrogen and oxygen atoms in total. The number of hydrogen-bond donors (Lipinski definition) is 0. The smallest absolute Gasteiger partial charge is 0.172 e. The maximum Gasteiger partial charge on any atom is 0.172 e. The van der Waals surface area contributed by atoms with Crippen molar-refractivity contribution in [3.63, 3.8) is 0 Å². The molecular weight excluding hydrogens is 256 g/mol. The number of carbonyl (C=O) groups excluding carboxylic acids is 2. The summed E-state index contributed by atoms with van der Waals surface area (Å²) < 4.78 is 0. The zero-order valence-electron chi connectivity index (χ0n) is 11.5. The van der Waals surface area contributed by atoms with E-state index in [9.17, 15) is 9.59 Å². The zero-order chi connectivity index (χ0) is 13.5. The van der Waals surface area contributed by atoms with Crippen molar-refractivity contribution in [2.45, 2.75) is 64.2 Å². The van der Waals surface area contributed by atoms with E-state index in [2.05, 4.69) is 0 Å². The van der Waals surface area contributed by atoms with Gasteiger partial charge in [0.05, 0.1) is 9.75 Å². The minimum Gasteiger partial charge on any atom is -0.293 e. The third kappa shape index (κ3) is 4.57. The lowest BCUT2D eigenvalue weighted by Crippen LogP contribution is -1.96. The molecule has 1 aliphatic rings. The van der Waals surface area contributed by atoms with Crippen molar-refractivity contribution in [1.29, 1.82) is 0 Å². The average Bonchev–Trinajstić information content (AvgIpc) is 2.89. The molecule has 1 aromatic heterocycles. The summed E-state index contributed by atoms with van der Waals surface area (Å²) in [7, 11) is 0. The van der Waals surface area contributed by atoms with E-state index in [4.69, 9.17) is 0 Å². The standard InChI is InChI=1S/C16H22O2S/c17-13-9-7-5-3-1-2-4-6-8-10-14(18)16-12-11-15(13)19-16/h11-12H,1-10H2. The molecule has 0 amide bonds. The lowest BCUT2D eigenvalue weighted by atomic mass is 10.0. The molecule has 2 heterocycles. The van der Waals surface area contributed by atoms with Gasteiger partial charge >= 0.3 is 0 Å². The summed E-state index contributed by atoms with van der Waals surface area (Å²) in [6, 6.07) is 3.65. The highest BCUT2D eigenvalue weighted by Crippen LogP contribution is 2.22. The van der Waals surface area contributed by atoms with Crippen molar-refractivity contribution in [2.24, 2.45) is 0 Å². The third-order valence-electron chi connectivity index (χ3n) is 3.71. The quantitative estimate of drug-likeness (QED) is 0.667. The fourth-order valence-corrected chi connectivity index (χ4v) is 3.46. The van der Waals surface area contributed by atoms with Gasteiger partial charge in [0.2, 0.25) is 0 Å². The Kier molecular flexibility index (Phi) is 5.77. The lowest BCUT2D eigenvalue weighted by Gasteiger charge is -2.01. The van der Waals surface area contributed by atoms with Crippen LogP contribution in [0.4, 0.5) is 0 Å². The number of rotatable bonds is 0. The zero-order valence-corrected chi connectivity index (χ0v) is 12.3. The Bertz CT molecular complexity index is 395. The fraction of sp³-hybridized carbons (Fsp3) is 0.625. The van der Waals surface area contributed by atoms with E-state index in [1.165, 1.54) is 37.0 Å². The Morgan fingerprint density at radius 3 is 1.42 bits per heavy atom. The van der Waals surface area contributed by atoms with E-state index >= 15 is 0 Å². The van der Waals surface area contributed by atoms with E-state index in [-0.39, 0.29) is 11.6 Å². The van der Waals surface area contributed by atoms with Gasteiger partial charge in [0.25, 0.3) is 0 Å². The van der Waals surface area contributed by atoms with Crippen molar-refractivity contribution in [3.8, 4) is 0 Å². The van der Waals surface area contributed by atoms with Crippen molar-refractivity contribution < 1.29 is 9.59 Å². The van der Waals surface area contributed by atoms with Crippen LogP contribution >= 0.6 is 11.3 Å². The second-order valence-corrected chi connectivity index (χ2v) is 6.42. The molecule has 0 aliphatic carbocycles. The SMILES string of the molecule is O=C1CCCCCCCCCCC(=O)c2ccc1s2. The van der Waals surface area contributed by atoms with Gasteiger partial charge in [-0.05, 0) is 25.0 Å². The van der Waals surface area contributed by atoms with Gasteiger partial charge in [-0.2, -0.15) is 0 Å². The van der Waals surface area contributed by atoms with Gasteiger partial charge in [0, 0.05) is 12.8 Å². The summed E-state index contributed by atoms with van der Waals surface area (Å²) in [5.74, 6) is 0.415. The monoisotopic (exact) mass is 278 g/mol. The summed E-state index contributed by atoms with van der Waals surface area (Å²) in [5, 5.41) is 0. The van der Waals surface area contributed by atoms with Crippen LogP contribution in [0.3, 0.4) is 0 Å². The summed E-state index contributed by atoms with van der Waals surface area (Å²) in [5.41, 5.74) is 0. The summed E-state index contributed by atoms with van der Waals surface area (Å²) >= 11 is 1.38. The Morgan fingerprint density at radius 2 is 1.00 bits per heavy atom. The van der Waals surface area contributed by atoms with Gasteiger partial charge in [-0.15, -0.1) is 11.3 Å². The molecule has 0 fully saturated rings. The minimum atomic E-state index is 0.207. The minimum absolute atomic E-state index is 0.207. The molecule has 0 saturated heterocycles. The fourth-order valence-electron chi connectivity index (χ4n) is 2.52. The molecule has 0 unspecified atom stereocenters. The summed E-state index contributed by atoms with van der Waals surface area (Å²) in [6.07, 6.45) is 10.6. The van der Waals surface area contributed by atoms with Crippen LogP contribution in [0.2, 0.25) is 0 Å². The number of Topliss-reactive ketones (excluding diaryl/α,β-unsaturated/α-hetero) is 2. The third-order valence-corrected chi connectivity index (χ3v) is 4.88. The first-order chi connectivity index (χ1) is 9.27. The van der Waals surface area contributed by atoms with Crippen LogP contribution in [0.25, 0.3) is 0 Å². The van der Waals surface area contributed by atoms with Gasteiger partial charge in [-0.1, -0.05) is 38.5 Å². The van der Waals surface area contributed by atoms with Crippen LogP contribution < -0.4 is 0 Å². The molecule has 2 bridgehead atoms. The molecule has 0 N–H and O–H groups in total. The second kappa shape index (κ2) is 7.59. The van der Waals surface area contributed by atoms with E-state index < -0.39 is 0 Å². The molecule has 0 radical (unpaired) electrons. The number of carbonyl (C=O) groups is 2. The summed E-state index contributed by atoms with van der Waals surface area (Å²) in [6.45, 7) is 0. The Balaban J connectivity index is 2.00. The second-order valence-electron chi connectivity index (χ2n) is 5.34. The van der Waals surface area contributed by atoms with Gasteiger partial charge < -0.3 is 0 Å². The van der Waals surface area contributed by atoms with Gasteiger partial charge in [0.15, 0.2) is 11.6 Å². The van der Waals surface area contributed by atoms with Crippen LogP contribution in [0, 0.1) is 0 Å². The predicted octanol–water partition coefficient (Wildman–Crippen LogP) is 5.03. The van der Waals surface area contributed by atoms with Crippen molar-refractivity contribution in [2.75, 3.05) is 0 Å². The van der Waals surface area contributed by atoms with Crippen LogP contribution in [-0.2, 0) is 0 Å². The molecular formula is C16H22O2S. The molecule has 0 saturated carbocycles.